The largest absolute Gasteiger partial charge is 0.467 e. The minimum absolute atomic E-state index is 0.112. The van der Waals surface area contributed by atoms with Crippen molar-refractivity contribution >= 4 is 37.5 Å². The standard InChI is InChI=1S/C9H9Br2NO/c1-5-12(2)8-4-6(10)3-7(11)9(8)13-5/h3-5H,1-2H3. The van der Waals surface area contributed by atoms with Crippen molar-refractivity contribution in [1.82, 2.24) is 0 Å². The molecule has 70 valence electrons. The highest BCUT2D eigenvalue weighted by Gasteiger charge is 2.26. The molecule has 4 heteroatoms. The highest BCUT2D eigenvalue weighted by molar-refractivity contribution is 9.11. The summed E-state index contributed by atoms with van der Waals surface area (Å²) in [5, 5.41) is 0. The van der Waals surface area contributed by atoms with E-state index < -0.39 is 0 Å². The summed E-state index contributed by atoms with van der Waals surface area (Å²) in [5.74, 6) is 0.929. The molecule has 0 amide bonds. The number of hydrogen-bond acceptors (Lipinski definition) is 2. The fourth-order valence-electron chi connectivity index (χ4n) is 1.37. The third-order valence-corrected chi connectivity index (χ3v) is 3.25. The van der Waals surface area contributed by atoms with Gasteiger partial charge in [-0.1, -0.05) is 15.9 Å². The summed E-state index contributed by atoms with van der Waals surface area (Å²) in [6.45, 7) is 2.03. The summed E-state index contributed by atoms with van der Waals surface area (Å²) in [7, 11) is 2.02. The first-order valence-corrected chi connectivity index (χ1v) is 5.56. The van der Waals surface area contributed by atoms with Crippen molar-refractivity contribution in [3.8, 4) is 5.75 Å². The Hall–Kier alpha value is -0.220. The van der Waals surface area contributed by atoms with Crippen molar-refractivity contribution in [2.45, 2.75) is 13.2 Å². The van der Waals surface area contributed by atoms with Crippen LogP contribution in [0, 0.1) is 0 Å². The van der Waals surface area contributed by atoms with Crippen LogP contribution in [0.15, 0.2) is 21.1 Å². The smallest absolute Gasteiger partial charge is 0.169 e. The second kappa shape index (κ2) is 3.17. The van der Waals surface area contributed by atoms with Gasteiger partial charge in [-0.05, 0) is 35.0 Å². The number of halogens is 2. The first-order valence-electron chi connectivity index (χ1n) is 3.98. The summed E-state index contributed by atoms with van der Waals surface area (Å²) in [6, 6.07) is 4.05. The summed E-state index contributed by atoms with van der Waals surface area (Å²) < 4.78 is 7.71. The molecule has 0 spiro atoms. The average molecular weight is 307 g/mol. The van der Waals surface area contributed by atoms with E-state index in [1.807, 2.05) is 20.0 Å². The van der Waals surface area contributed by atoms with E-state index in [2.05, 4.69) is 42.8 Å². The van der Waals surface area contributed by atoms with Gasteiger partial charge in [-0.25, -0.2) is 0 Å². The Morgan fingerprint density at radius 2 is 2.08 bits per heavy atom. The van der Waals surface area contributed by atoms with Crippen LogP contribution in [-0.4, -0.2) is 13.3 Å². The lowest BCUT2D eigenvalue weighted by molar-refractivity contribution is 0.250. The molecule has 0 aliphatic carbocycles. The molecule has 1 unspecified atom stereocenters. The Kier molecular flexibility index (Phi) is 2.28. The Labute approximate surface area is 94.1 Å². The molecular weight excluding hydrogens is 298 g/mol. The first-order chi connectivity index (χ1) is 6.09. The van der Waals surface area contributed by atoms with Crippen LogP contribution in [0.5, 0.6) is 5.75 Å². The van der Waals surface area contributed by atoms with Crippen LogP contribution in [0.3, 0.4) is 0 Å². The first kappa shape index (κ1) is 9.34. The lowest BCUT2D eigenvalue weighted by Crippen LogP contribution is -2.27. The second-order valence-electron chi connectivity index (χ2n) is 3.06. The van der Waals surface area contributed by atoms with Crippen LogP contribution in [0.2, 0.25) is 0 Å². The maximum Gasteiger partial charge on any atom is 0.169 e. The number of benzene rings is 1. The highest BCUT2D eigenvalue weighted by Crippen LogP contribution is 2.43. The van der Waals surface area contributed by atoms with Gasteiger partial charge in [0.1, 0.15) is 0 Å². The number of fused-ring (bicyclic) bond motifs is 1. The topological polar surface area (TPSA) is 12.5 Å². The molecule has 0 saturated heterocycles. The molecule has 13 heavy (non-hydrogen) atoms. The number of nitrogens with zero attached hydrogens (tertiary/aromatic N) is 1. The summed E-state index contributed by atoms with van der Waals surface area (Å²) in [4.78, 5) is 2.10. The highest BCUT2D eigenvalue weighted by atomic mass is 79.9. The predicted molar refractivity (Wildman–Crippen MR) is 60.3 cm³/mol. The normalized spacial score (nSPS) is 20.0. The lowest BCUT2D eigenvalue weighted by atomic mass is 10.3. The van der Waals surface area contributed by atoms with Crippen molar-refractivity contribution in [1.29, 1.82) is 0 Å². The van der Waals surface area contributed by atoms with Gasteiger partial charge in [0.15, 0.2) is 12.0 Å². The molecule has 1 aromatic carbocycles. The van der Waals surface area contributed by atoms with E-state index in [9.17, 15) is 0 Å². The molecule has 1 aliphatic rings. The van der Waals surface area contributed by atoms with Crippen molar-refractivity contribution in [2.24, 2.45) is 0 Å². The zero-order valence-corrected chi connectivity index (χ0v) is 10.5. The average Bonchev–Trinajstić information content (AvgIpc) is 2.32. The fourth-order valence-corrected chi connectivity index (χ4v) is 2.67. The van der Waals surface area contributed by atoms with E-state index >= 15 is 0 Å². The van der Waals surface area contributed by atoms with Gasteiger partial charge in [0.05, 0.1) is 10.2 Å². The SMILES string of the molecule is CC1Oc2c(Br)cc(Br)cc2N1C. The minimum Gasteiger partial charge on any atom is -0.467 e. The number of ether oxygens (including phenoxy) is 1. The zero-order valence-electron chi connectivity index (χ0n) is 7.34. The maximum atomic E-state index is 5.66. The number of rotatable bonds is 0. The van der Waals surface area contributed by atoms with E-state index in [0.29, 0.717) is 0 Å². The predicted octanol–water partition coefficient (Wildman–Crippen LogP) is 3.39. The monoisotopic (exact) mass is 305 g/mol. The Balaban J connectivity index is 2.57. The minimum atomic E-state index is 0.112. The second-order valence-corrected chi connectivity index (χ2v) is 4.83. The van der Waals surface area contributed by atoms with E-state index in [1.165, 1.54) is 0 Å². The Morgan fingerprint density at radius 3 is 2.77 bits per heavy atom. The fraction of sp³-hybridized carbons (Fsp3) is 0.333. The molecule has 1 heterocycles. The van der Waals surface area contributed by atoms with E-state index in [-0.39, 0.29) is 6.23 Å². The van der Waals surface area contributed by atoms with Gasteiger partial charge in [0.25, 0.3) is 0 Å². The molecule has 1 atom stereocenters. The molecule has 0 bridgehead atoms. The van der Waals surface area contributed by atoms with Gasteiger partial charge < -0.3 is 9.64 Å². The molecule has 1 aliphatic heterocycles. The van der Waals surface area contributed by atoms with Crippen LogP contribution in [0.25, 0.3) is 0 Å². The quantitative estimate of drug-likeness (QED) is 0.728. The van der Waals surface area contributed by atoms with Gasteiger partial charge in [-0.2, -0.15) is 0 Å². The molecule has 2 nitrogen and oxygen atoms in total. The molecule has 0 radical (unpaired) electrons. The summed E-state index contributed by atoms with van der Waals surface area (Å²) >= 11 is 6.92. The van der Waals surface area contributed by atoms with E-state index in [4.69, 9.17) is 4.74 Å². The van der Waals surface area contributed by atoms with Crippen molar-refractivity contribution in [3.05, 3.63) is 21.1 Å². The van der Waals surface area contributed by atoms with Crippen molar-refractivity contribution in [3.63, 3.8) is 0 Å². The van der Waals surface area contributed by atoms with Gasteiger partial charge in [0, 0.05) is 11.5 Å². The van der Waals surface area contributed by atoms with Crippen LogP contribution < -0.4 is 9.64 Å². The van der Waals surface area contributed by atoms with Crippen molar-refractivity contribution < 1.29 is 4.74 Å². The maximum absolute atomic E-state index is 5.66. The van der Waals surface area contributed by atoms with Crippen LogP contribution in [0.4, 0.5) is 5.69 Å². The molecular formula is C9H9Br2NO. The lowest BCUT2D eigenvalue weighted by Gasteiger charge is -2.15. The zero-order chi connectivity index (χ0) is 9.59. The number of anilines is 1. The molecule has 0 fully saturated rings. The Morgan fingerprint density at radius 1 is 1.38 bits per heavy atom. The van der Waals surface area contributed by atoms with Crippen molar-refractivity contribution in [2.75, 3.05) is 11.9 Å². The van der Waals surface area contributed by atoms with Crippen LogP contribution in [-0.2, 0) is 0 Å². The van der Waals surface area contributed by atoms with Gasteiger partial charge in [-0.15, -0.1) is 0 Å². The third kappa shape index (κ3) is 1.46. The Bertz CT molecular complexity index is 354. The van der Waals surface area contributed by atoms with Gasteiger partial charge in [-0.3, -0.25) is 0 Å². The molecule has 1 aromatic rings. The van der Waals surface area contributed by atoms with E-state index in [0.717, 1.165) is 20.4 Å². The summed E-state index contributed by atoms with van der Waals surface area (Å²) in [6.07, 6.45) is 0.112. The van der Waals surface area contributed by atoms with Gasteiger partial charge in [0.2, 0.25) is 0 Å². The molecule has 0 aromatic heterocycles. The molecule has 2 rings (SSSR count). The molecule has 0 saturated carbocycles. The third-order valence-electron chi connectivity index (χ3n) is 2.20. The van der Waals surface area contributed by atoms with E-state index in [1.54, 1.807) is 0 Å². The number of hydrogen-bond donors (Lipinski definition) is 0. The molecule has 0 N–H and O–H groups in total. The van der Waals surface area contributed by atoms with Crippen LogP contribution in [0.1, 0.15) is 6.92 Å². The van der Waals surface area contributed by atoms with Gasteiger partial charge >= 0.3 is 0 Å². The van der Waals surface area contributed by atoms with Crippen LogP contribution >= 0.6 is 31.9 Å². The summed E-state index contributed by atoms with van der Waals surface area (Å²) in [5.41, 5.74) is 1.12.